The minimum atomic E-state index is -0.0744. The monoisotopic (exact) mass is 394 g/mol. The summed E-state index contributed by atoms with van der Waals surface area (Å²) < 4.78 is 6.05. The molecule has 29 heavy (non-hydrogen) atoms. The second-order valence-corrected chi connectivity index (χ2v) is 8.36. The molecule has 0 spiro atoms. The molecule has 1 aliphatic heterocycles. The summed E-state index contributed by atoms with van der Waals surface area (Å²) in [4.78, 5) is 13.5. The zero-order valence-electron chi connectivity index (χ0n) is 17.5. The van der Waals surface area contributed by atoms with Crippen molar-refractivity contribution in [3.63, 3.8) is 0 Å². The highest BCUT2D eigenvalue weighted by atomic mass is 16.5. The third-order valence-corrected chi connectivity index (χ3v) is 6.02. The third-order valence-electron chi connectivity index (χ3n) is 6.02. The zero-order chi connectivity index (χ0) is 20.6. The largest absolute Gasteiger partial charge is 0.488 e. The average molecular weight is 395 g/mol. The van der Waals surface area contributed by atoms with Crippen LogP contribution in [-0.2, 0) is 0 Å². The number of hydrogen-bond acceptors (Lipinski definition) is 7. The molecule has 0 radical (unpaired) electrons. The fourth-order valence-corrected chi connectivity index (χ4v) is 3.85. The average Bonchev–Trinajstić information content (AvgIpc) is 3.45. The van der Waals surface area contributed by atoms with Crippen molar-refractivity contribution in [1.82, 2.24) is 14.9 Å². The van der Waals surface area contributed by atoms with Crippen LogP contribution >= 0.6 is 0 Å². The number of benzene rings is 1. The van der Waals surface area contributed by atoms with Crippen molar-refractivity contribution in [2.75, 3.05) is 36.8 Å². The van der Waals surface area contributed by atoms with E-state index >= 15 is 0 Å². The first kappa shape index (κ1) is 19.6. The maximum absolute atomic E-state index is 8.71. The number of nitrogens with one attached hydrogen (secondary N) is 1. The molecule has 2 fully saturated rings. The molecular formula is C22H30N6O. The number of aromatic nitrogens is 2. The fourth-order valence-electron chi connectivity index (χ4n) is 3.85. The topological polar surface area (TPSA) is 91.4 Å². The molecule has 0 amide bonds. The van der Waals surface area contributed by atoms with Crippen molar-refractivity contribution in [2.45, 2.75) is 45.3 Å². The van der Waals surface area contributed by atoms with Crippen LogP contribution in [0.3, 0.4) is 0 Å². The molecule has 1 aromatic carbocycles. The summed E-state index contributed by atoms with van der Waals surface area (Å²) in [5, 5.41) is 8.71. The number of anilines is 2. The molecule has 2 aliphatic rings. The normalized spacial score (nSPS) is 21.1. The van der Waals surface area contributed by atoms with E-state index in [-0.39, 0.29) is 11.3 Å². The summed E-state index contributed by atoms with van der Waals surface area (Å²) in [7, 11) is 0. The number of hydrogen-bond donors (Lipinski definition) is 2. The Bertz CT molecular complexity index is 910. The Morgan fingerprint density at radius 3 is 2.76 bits per heavy atom. The van der Waals surface area contributed by atoms with Gasteiger partial charge >= 0.3 is 0 Å². The summed E-state index contributed by atoms with van der Waals surface area (Å²) >= 11 is 0. The van der Waals surface area contributed by atoms with E-state index in [1.54, 1.807) is 6.07 Å². The van der Waals surface area contributed by atoms with Gasteiger partial charge in [0.2, 0.25) is 0 Å². The zero-order valence-corrected chi connectivity index (χ0v) is 17.5. The van der Waals surface area contributed by atoms with Gasteiger partial charge in [-0.1, -0.05) is 6.92 Å². The van der Waals surface area contributed by atoms with E-state index < -0.39 is 0 Å². The standard InChI is InChI=1S/C22H30N6O/c1-4-27-9-10-28(13-15(27)2)20-12-19(25-14-26-20)21(24)17-11-16(5-6-18(17)23)29-22(3)7-8-22/h5-6,11-12,14-15,24H,4,7-10,13,23H2,1-3H3/t15-/m0/s1. The van der Waals surface area contributed by atoms with Crippen molar-refractivity contribution in [3.05, 3.63) is 41.9 Å². The van der Waals surface area contributed by atoms with Crippen molar-refractivity contribution in [2.24, 2.45) is 0 Å². The SMILES string of the molecule is CCN1CCN(c2cc(C(=N)c3cc(OC4(C)CC4)ccc3N)ncn2)C[C@@H]1C. The van der Waals surface area contributed by atoms with Crippen LogP contribution in [0.25, 0.3) is 0 Å². The lowest BCUT2D eigenvalue weighted by molar-refractivity contribution is 0.199. The molecule has 0 unspecified atom stereocenters. The lowest BCUT2D eigenvalue weighted by Crippen LogP contribution is -2.52. The van der Waals surface area contributed by atoms with Gasteiger partial charge in [0.15, 0.2) is 0 Å². The molecule has 7 heteroatoms. The molecule has 1 atom stereocenters. The molecule has 4 rings (SSSR count). The first-order chi connectivity index (χ1) is 13.9. The number of rotatable bonds is 6. The number of piperazine rings is 1. The van der Waals surface area contributed by atoms with Crippen molar-refractivity contribution >= 4 is 17.2 Å². The number of nitrogens with zero attached hydrogens (tertiary/aromatic N) is 4. The van der Waals surface area contributed by atoms with Gasteiger partial charge in [-0.3, -0.25) is 10.3 Å². The highest BCUT2D eigenvalue weighted by Crippen LogP contribution is 2.40. The number of nitrogens with two attached hydrogens (primary N) is 1. The van der Waals surface area contributed by atoms with E-state index in [0.29, 0.717) is 23.0 Å². The van der Waals surface area contributed by atoms with Crippen LogP contribution in [-0.4, -0.2) is 58.4 Å². The van der Waals surface area contributed by atoms with E-state index in [0.717, 1.165) is 50.6 Å². The minimum absolute atomic E-state index is 0.0744. The van der Waals surface area contributed by atoms with Gasteiger partial charge in [-0.2, -0.15) is 0 Å². The number of likely N-dealkylation sites (N-methyl/N-ethyl adjacent to an activating group) is 1. The van der Waals surface area contributed by atoms with Crippen LogP contribution < -0.4 is 15.4 Å². The van der Waals surface area contributed by atoms with E-state index in [4.69, 9.17) is 15.9 Å². The van der Waals surface area contributed by atoms with Gasteiger partial charge in [-0.15, -0.1) is 0 Å². The van der Waals surface area contributed by atoms with Gasteiger partial charge in [0.05, 0.1) is 11.4 Å². The third kappa shape index (κ3) is 4.19. The van der Waals surface area contributed by atoms with Crippen LogP contribution in [0.2, 0.25) is 0 Å². The molecule has 1 aromatic heterocycles. The molecule has 1 aliphatic carbocycles. The van der Waals surface area contributed by atoms with Crippen LogP contribution in [0, 0.1) is 5.41 Å². The molecule has 3 N–H and O–H groups in total. The number of ether oxygens (including phenoxy) is 1. The summed E-state index contributed by atoms with van der Waals surface area (Å²) in [6, 6.07) is 7.89. The molecule has 1 saturated carbocycles. The number of nitrogen functional groups attached to an aromatic ring is 1. The van der Waals surface area contributed by atoms with E-state index in [1.165, 1.54) is 6.33 Å². The maximum atomic E-state index is 8.71. The molecular weight excluding hydrogens is 364 g/mol. The lowest BCUT2D eigenvalue weighted by atomic mass is 10.0. The fraction of sp³-hybridized carbons (Fsp3) is 0.500. The Kier molecular flexibility index (Phi) is 5.17. The Balaban J connectivity index is 1.55. The summed E-state index contributed by atoms with van der Waals surface area (Å²) in [6.45, 7) is 10.5. The molecule has 0 bridgehead atoms. The second kappa shape index (κ2) is 7.63. The molecule has 2 heterocycles. The Morgan fingerprint density at radius 2 is 2.07 bits per heavy atom. The van der Waals surface area contributed by atoms with Gasteiger partial charge in [0.25, 0.3) is 0 Å². The Labute approximate surface area is 172 Å². The van der Waals surface area contributed by atoms with Crippen LogP contribution in [0.15, 0.2) is 30.6 Å². The van der Waals surface area contributed by atoms with Crippen LogP contribution in [0.4, 0.5) is 11.5 Å². The lowest BCUT2D eigenvalue weighted by Gasteiger charge is -2.39. The van der Waals surface area contributed by atoms with Crippen LogP contribution in [0.1, 0.15) is 44.9 Å². The molecule has 1 saturated heterocycles. The highest BCUT2D eigenvalue weighted by Gasteiger charge is 2.40. The van der Waals surface area contributed by atoms with Gasteiger partial charge in [-0.25, -0.2) is 9.97 Å². The molecule has 2 aromatic rings. The predicted molar refractivity (Wildman–Crippen MR) is 116 cm³/mol. The summed E-state index contributed by atoms with van der Waals surface area (Å²) in [5.41, 5.74) is 8.16. The van der Waals surface area contributed by atoms with Crippen molar-refractivity contribution in [1.29, 1.82) is 5.41 Å². The van der Waals surface area contributed by atoms with E-state index in [2.05, 4.69) is 40.5 Å². The first-order valence-electron chi connectivity index (χ1n) is 10.4. The first-order valence-corrected chi connectivity index (χ1v) is 10.4. The maximum Gasteiger partial charge on any atom is 0.132 e. The Hall–Kier alpha value is -2.67. The smallest absolute Gasteiger partial charge is 0.132 e. The second-order valence-electron chi connectivity index (χ2n) is 8.36. The van der Waals surface area contributed by atoms with E-state index in [1.807, 2.05) is 18.2 Å². The molecule has 7 nitrogen and oxygen atoms in total. The van der Waals surface area contributed by atoms with Gasteiger partial charge in [0, 0.05) is 43.0 Å². The van der Waals surface area contributed by atoms with Crippen molar-refractivity contribution in [3.8, 4) is 5.75 Å². The van der Waals surface area contributed by atoms with Gasteiger partial charge in [-0.05, 0) is 51.4 Å². The Morgan fingerprint density at radius 1 is 1.28 bits per heavy atom. The van der Waals surface area contributed by atoms with E-state index in [9.17, 15) is 0 Å². The quantitative estimate of drug-likeness (QED) is 0.578. The molecule has 154 valence electrons. The van der Waals surface area contributed by atoms with Gasteiger partial charge < -0.3 is 15.4 Å². The summed E-state index contributed by atoms with van der Waals surface area (Å²) in [5.74, 6) is 1.61. The minimum Gasteiger partial charge on any atom is -0.488 e. The van der Waals surface area contributed by atoms with Crippen LogP contribution in [0.5, 0.6) is 5.75 Å². The predicted octanol–water partition coefficient (Wildman–Crippen LogP) is 2.94. The van der Waals surface area contributed by atoms with Crippen molar-refractivity contribution < 1.29 is 4.74 Å². The van der Waals surface area contributed by atoms with Gasteiger partial charge in [0.1, 0.15) is 23.5 Å². The highest BCUT2D eigenvalue weighted by molar-refractivity contribution is 6.13. The summed E-state index contributed by atoms with van der Waals surface area (Å²) in [6.07, 6.45) is 3.66.